The molecule has 0 radical (unpaired) electrons. The summed E-state index contributed by atoms with van der Waals surface area (Å²) in [5, 5.41) is 11.8. The lowest BCUT2D eigenvalue weighted by atomic mass is 10.1. The van der Waals surface area contributed by atoms with Crippen molar-refractivity contribution in [3.8, 4) is 0 Å². The van der Waals surface area contributed by atoms with Crippen LogP contribution in [0.3, 0.4) is 0 Å². The first-order valence-electron chi connectivity index (χ1n) is 8.98. The third-order valence-electron chi connectivity index (χ3n) is 4.77. The zero-order valence-corrected chi connectivity index (χ0v) is 16.4. The number of thiol groups is 1. The maximum absolute atomic E-state index is 6.21. The summed E-state index contributed by atoms with van der Waals surface area (Å²) in [6.07, 6.45) is 3.19. The second-order valence-electron chi connectivity index (χ2n) is 6.46. The Bertz CT molecular complexity index is 976. The van der Waals surface area contributed by atoms with Crippen molar-refractivity contribution in [2.45, 2.75) is 26.2 Å². The number of hydrogen-bond donors (Lipinski definition) is 2. The van der Waals surface area contributed by atoms with E-state index in [0.717, 1.165) is 46.3 Å². The third-order valence-corrected chi connectivity index (χ3v) is 7.04. The number of nitrogens with zero attached hydrogens (tertiary/aromatic N) is 2. The Balaban J connectivity index is 1.54. The first-order valence-corrected chi connectivity index (χ1v) is 11.0. The summed E-state index contributed by atoms with van der Waals surface area (Å²) in [4.78, 5) is 3.57. The standard InChI is InChI=1S/C21H22ClN3S/c1-2-17-18-13-16(22)10-11-19(18)24-20(17)21-25-23-14-26(21)12-6-9-15-7-4-3-5-8-15/h3-5,7-8,10-11,13-14,24,26H,2,6,9,12H2,1H3. The second kappa shape index (κ2) is 7.68. The normalized spacial score (nSPS) is 17.8. The van der Waals surface area contributed by atoms with Crippen LogP contribution in [0, 0.1) is 0 Å². The maximum atomic E-state index is 6.21. The molecule has 1 aliphatic rings. The Kier molecular flexibility index (Phi) is 5.14. The molecule has 0 saturated carbocycles. The molecule has 1 unspecified atom stereocenters. The molecule has 5 heteroatoms. The van der Waals surface area contributed by atoms with Gasteiger partial charge in [0, 0.05) is 15.9 Å². The number of aryl methyl sites for hydroxylation is 2. The van der Waals surface area contributed by atoms with E-state index in [1.54, 1.807) is 0 Å². The van der Waals surface area contributed by atoms with Gasteiger partial charge in [-0.25, -0.2) is 0 Å². The molecule has 2 heterocycles. The van der Waals surface area contributed by atoms with Crippen LogP contribution in [-0.4, -0.2) is 21.3 Å². The van der Waals surface area contributed by atoms with Gasteiger partial charge in [0.15, 0.2) is 0 Å². The van der Waals surface area contributed by atoms with Gasteiger partial charge < -0.3 is 4.98 Å². The van der Waals surface area contributed by atoms with E-state index in [4.69, 9.17) is 11.6 Å². The van der Waals surface area contributed by atoms with Gasteiger partial charge in [-0.05, 0) is 54.3 Å². The van der Waals surface area contributed by atoms with Gasteiger partial charge in [0.25, 0.3) is 0 Å². The van der Waals surface area contributed by atoms with Crippen LogP contribution in [0.15, 0.2) is 58.7 Å². The second-order valence-corrected chi connectivity index (χ2v) is 8.94. The summed E-state index contributed by atoms with van der Waals surface area (Å²) in [5.74, 6) is 1.12. The number of aromatic amines is 1. The van der Waals surface area contributed by atoms with Gasteiger partial charge in [-0.2, -0.15) is 16.0 Å². The summed E-state index contributed by atoms with van der Waals surface area (Å²) < 4.78 is 0. The van der Waals surface area contributed by atoms with E-state index in [1.807, 2.05) is 23.7 Å². The fraction of sp³-hybridized carbons (Fsp3) is 0.238. The minimum Gasteiger partial charge on any atom is -0.353 e. The molecule has 3 nitrogen and oxygen atoms in total. The number of rotatable bonds is 6. The zero-order valence-electron chi connectivity index (χ0n) is 14.7. The van der Waals surface area contributed by atoms with Crippen molar-refractivity contribution in [1.82, 2.24) is 4.98 Å². The van der Waals surface area contributed by atoms with Crippen molar-refractivity contribution in [2.24, 2.45) is 10.2 Å². The zero-order chi connectivity index (χ0) is 17.9. The molecule has 0 bridgehead atoms. The molecule has 2 aromatic carbocycles. The number of H-pyrrole nitrogens is 1. The number of hydrogen-bond acceptors (Lipinski definition) is 2. The van der Waals surface area contributed by atoms with E-state index in [0.29, 0.717) is 0 Å². The molecule has 4 rings (SSSR count). The van der Waals surface area contributed by atoms with Crippen molar-refractivity contribution in [3.05, 3.63) is 70.4 Å². The Morgan fingerprint density at radius 3 is 2.77 bits per heavy atom. The van der Waals surface area contributed by atoms with Gasteiger partial charge in [0.05, 0.1) is 11.2 Å². The van der Waals surface area contributed by atoms with Crippen LogP contribution in [-0.2, 0) is 12.8 Å². The topological polar surface area (TPSA) is 40.5 Å². The fourth-order valence-corrected chi connectivity index (χ4v) is 5.42. The van der Waals surface area contributed by atoms with E-state index in [1.165, 1.54) is 16.5 Å². The van der Waals surface area contributed by atoms with E-state index in [-0.39, 0.29) is 0 Å². The van der Waals surface area contributed by atoms with Crippen LogP contribution >= 0.6 is 22.5 Å². The number of aromatic nitrogens is 1. The molecule has 0 spiro atoms. The Hall–Kier alpha value is -2.04. The van der Waals surface area contributed by atoms with Crippen molar-refractivity contribution < 1.29 is 0 Å². The highest BCUT2D eigenvalue weighted by Gasteiger charge is 2.22. The summed E-state index contributed by atoms with van der Waals surface area (Å²) in [6.45, 7) is 2.18. The first kappa shape index (κ1) is 17.4. The van der Waals surface area contributed by atoms with Crippen LogP contribution < -0.4 is 0 Å². The smallest absolute Gasteiger partial charge is 0.128 e. The number of fused-ring (bicyclic) bond motifs is 1. The van der Waals surface area contributed by atoms with Gasteiger partial charge >= 0.3 is 0 Å². The molecule has 3 aromatic rings. The molecular weight excluding hydrogens is 362 g/mol. The van der Waals surface area contributed by atoms with Crippen LogP contribution in [0.25, 0.3) is 10.9 Å². The highest BCUT2D eigenvalue weighted by molar-refractivity contribution is 8.40. The van der Waals surface area contributed by atoms with Crippen molar-refractivity contribution in [2.75, 3.05) is 5.75 Å². The predicted octanol–water partition coefficient (Wildman–Crippen LogP) is 5.72. The third kappa shape index (κ3) is 3.44. The van der Waals surface area contributed by atoms with Gasteiger partial charge in [-0.15, -0.1) is 5.10 Å². The van der Waals surface area contributed by atoms with Gasteiger partial charge in [0.2, 0.25) is 0 Å². The molecule has 1 aromatic heterocycles. The summed E-state index contributed by atoms with van der Waals surface area (Å²) >= 11 is 6.21. The summed E-state index contributed by atoms with van der Waals surface area (Å²) in [5.41, 5.74) is 7.00. The van der Waals surface area contributed by atoms with E-state index in [2.05, 4.69) is 52.4 Å². The highest BCUT2D eigenvalue weighted by Crippen LogP contribution is 2.37. The lowest BCUT2D eigenvalue weighted by molar-refractivity contribution is 0.934. The quantitative estimate of drug-likeness (QED) is 0.511. The van der Waals surface area contributed by atoms with Crippen LogP contribution in [0.5, 0.6) is 0 Å². The number of benzene rings is 2. The molecule has 0 amide bonds. The summed E-state index contributed by atoms with van der Waals surface area (Å²) in [6, 6.07) is 16.7. The molecule has 1 atom stereocenters. The van der Waals surface area contributed by atoms with Crippen molar-refractivity contribution >= 4 is 44.0 Å². The van der Waals surface area contributed by atoms with Crippen LogP contribution in [0.4, 0.5) is 0 Å². The van der Waals surface area contributed by atoms with Gasteiger partial charge in [-0.1, -0.05) is 48.9 Å². The summed E-state index contributed by atoms with van der Waals surface area (Å²) in [7, 11) is -0.453. The molecule has 0 fully saturated rings. The highest BCUT2D eigenvalue weighted by atomic mass is 35.5. The Morgan fingerprint density at radius 2 is 1.96 bits per heavy atom. The number of halogens is 1. The first-order chi connectivity index (χ1) is 12.8. The SMILES string of the molecule is CCc1c(C2=NN=C[SH]2CCCc2ccccc2)[nH]c2ccc(Cl)cc12. The van der Waals surface area contributed by atoms with Gasteiger partial charge in [0.1, 0.15) is 5.04 Å². The lowest BCUT2D eigenvalue weighted by Gasteiger charge is -2.15. The average Bonchev–Trinajstić information content (AvgIpc) is 3.26. The van der Waals surface area contributed by atoms with E-state index < -0.39 is 10.9 Å². The van der Waals surface area contributed by atoms with Gasteiger partial charge in [-0.3, -0.25) is 0 Å². The predicted molar refractivity (Wildman–Crippen MR) is 116 cm³/mol. The minimum absolute atomic E-state index is 0.453. The molecule has 0 saturated heterocycles. The molecule has 1 aliphatic heterocycles. The molecule has 134 valence electrons. The molecule has 1 N–H and O–H groups in total. The average molecular weight is 384 g/mol. The molecular formula is C21H22ClN3S. The fourth-order valence-electron chi connectivity index (χ4n) is 3.49. The largest absolute Gasteiger partial charge is 0.353 e. The van der Waals surface area contributed by atoms with E-state index in [9.17, 15) is 0 Å². The van der Waals surface area contributed by atoms with Crippen LogP contribution in [0.1, 0.15) is 30.2 Å². The molecule has 0 aliphatic carbocycles. The van der Waals surface area contributed by atoms with Crippen LogP contribution in [0.2, 0.25) is 5.02 Å². The number of nitrogens with one attached hydrogen (secondary N) is 1. The van der Waals surface area contributed by atoms with Crippen molar-refractivity contribution in [3.63, 3.8) is 0 Å². The lowest BCUT2D eigenvalue weighted by Crippen LogP contribution is -2.06. The minimum atomic E-state index is -0.453. The maximum Gasteiger partial charge on any atom is 0.128 e. The Labute approximate surface area is 161 Å². The van der Waals surface area contributed by atoms with Crippen molar-refractivity contribution in [1.29, 1.82) is 0 Å². The van der Waals surface area contributed by atoms with E-state index >= 15 is 0 Å². The monoisotopic (exact) mass is 383 g/mol. The Morgan fingerprint density at radius 1 is 1.12 bits per heavy atom. The molecule has 26 heavy (non-hydrogen) atoms.